The van der Waals surface area contributed by atoms with Gasteiger partial charge in [-0.3, -0.25) is 0 Å². The third kappa shape index (κ3) is 2.51. The maximum atomic E-state index is 8.81. The second-order valence-corrected chi connectivity index (χ2v) is 3.44. The predicted molar refractivity (Wildman–Crippen MR) is 63.8 cm³/mol. The Morgan fingerprint density at radius 2 is 1.25 bits per heavy atom. The first-order chi connectivity index (χ1) is 7.92. The number of benzene rings is 2. The Labute approximate surface area is 95.8 Å². The smallest absolute Gasteiger partial charge is 0.429 e. The van der Waals surface area contributed by atoms with Crippen LogP contribution in [-0.2, 0) is 4.65 Å². The molecule has 0 heterocycles. The molecule has 0 spiro atoms. The summed E-state index contributed by atoms with van der Waals surface area (Å²) in [6.07, 6.45) is -0.257. The highest BCUT2D eigenvalue weighted by molar-refractivity contribution is 6.16. The molecule has 0 aliphatic carbocycles. The fraction of sp³-hybridized carbons (Fsp3) is 0.0769. The van der Waals surface area contributed by atoms with Gasteiger partial charge in [0.1, 0.15) is 0 Å². The van der Waals surface area contributed by atoms with Crippen LogP contribution >= 0.6 is 0 Å². The summed E-state index contributed by atoms with van der Waals surface area (Å²) in [5.74, 6) is 0. The molecule has 0 aliphatic rings. The molecule has 2 rings (SSSR count). The van der Waals surface area contributed by atoms with Crippen molar-refractivity contribution >= 4 is 7.69 Å². The first-order valence-corrected chi connectivity index (χ1v) is 5.13. The van der Waals surface area contributed by atoms with E-state index >= 15 is 0 Å². The van der Waals surface area contributed by atoms with E-state index in [0.29, 0.717) is 0 Å². The lowest BCUT2D eigenvalue weighted by atomic mass is 10.0. The average molecular weight is 211 g/mol. The lowest BCUT2D eigenvalue weighted by Gasteiger charge is -2.17. The van der Waals surface area contributed by atoms with Crippen LogP contribution in [0.3, 0.4) is 0 Å². The molecule has 0 bridgehead atoms. The fourth-order valence-corrected chi connectivity index (χ4v) is 1.67. The molecule has 2 nitrogen and oxygen atoms in total. The largest absolute Gasteiger partial charge is 0.485 e. The Hall–Kier alpha value is -1.58. The summed E-state index contributed by atoms with van der Waals surface area (Å²) in [6, 6.07) is 19.6. The fourth-order valence-electron chi connectivity index (χ4n) is 1.67. The minimum absolute atomic E-state index is 0.257. The van der Waals surface area contributed by atoms with E-state index in [1.165, 1.54) is 0 Å². The molecule has 0 atom stereocenters. The average Bonchev–Trinajstić information content (AvgIpc) is 2.38. The van der Waals surface area contributed by atoms with Crippen LogP contribution in [0.1, 0.15) is 17.2 Å². The van der Waals surface area contributed by atoms with E-state index in [2.05, 4.69) is 0 Å². The minimum atomic E-state index is -0.257. The molecule has 0 aliphatic heterocycles. The molecule has 1 radical (unpaired) electrons. The van der Waals surface area contributed by atoms with Crippen LogP contribution in [0.2, 0.25) is 0 Å². The predicted octanol–water partition coefficient (Wildman–Crippen LogP) is 2.32. The number of hydrogen-bond acceptors (Lipinski definition) is 2. The van der Waals surface area contributed by atoms with Crippen molar-refractivity contribution < 1.29 is 9.68 Å². The molecule has 3 heteroatoms. The maximum absolute atomic E-state index is 8.81. The molecule has 0 amide bonds. The SMILES string of the molecule is O[B]OC(c1ccccc1)c1ccccc1. The lowest BCUT2D eigenvalue weighted by molar-refractivity contribution is 0.222. The van der Waals surface area contributed by atoms with E-state index in [-0.39, 0.29) is 6.10 Å². The van der Waals surface area contributed by atoms with Crippen LogP contribution < -0.4 is 0 Å². The Kier molecular flexibility index (Phi) is 3.75. The van der Waals surface area contributed by atoms with Gasteiger partial charge >= 0.3 is 7.69 Å². The van der Waals surface area contributed by atoms with Crippen LogP contribution in [0.4, 0.5) is 0 Å². The Bertz CT molecular complexity index is 377. The minimum Gasteiger partial charge on any atom is -0.429 e. The van der Waals surface area contributed by atoms with Gasteiger partial charge in [0.15, 0.2) is 0 Å². The number of rotatable bonds is 4. The van der Waals surface area contributed by atoms with Gasteiger partial charge in [-0.1, -0.05) is 60.7 Å². The van der Waals surface area contributed by atoms with E-state index in [1.54, 1.807) is 0 Å². The molecular formula is C13H12BO2. The summed E-state index contributed by atoms with van der Waals surface area (Å²) < 4.78 is 5.24. The van der Waals surface area contributed by atoms with Gasteiger partial charge in [-0.2, -0.15) is 0 Å². The van der Waals surface area contributed by atoms with Gasteiger partial charge in [0.25, 0.3) is 0 Å². The van der Waals surface area contributed by atoms with Crippen molar-refractivity contribution in [3.63, 3.8) is 0 Å². The maximum Gasteiger partial charge on any atom is 0.485 e. The van der Waals surface area contributed by atoms with Crippen molar-refractivity contribution in [1.29, 1.82) is 0 Å². The highest BCUT2D eigenvalue weighted by Crippen LogP contribution is 2.24. The molecule has 2 aromatic rings. The van der Waals surface area contributed by atoms with E-state index in [0.717, 1.165) is 18.8 Å². The summed E-state index contributed by atoms with van der Waals surface area (Å²) in [7, 11) is 0.741. The summed E-state index contributed by atoms with van der Waals surface area (Å²) >= 11 is 0. The zero-order chi connectivity index (χ0) is 11.2. The standard InChI is InChI=1S/C13H12BO2/c15-14-16-13(11-7-3-1-4-8-11)12-9-5-2-6-10-12/h1-10,13,15H. The Morgan fingerprint density at radius 3 is 1.62 bits per heavy atom. The first-order valence-electron chi connectivity index (χ1n) is 5.13. The highest BCUT2D eigenvalue weighted by Gasteiger charge is 2.13. The van der Waals surface area contributed by atoms with Crippen LogP contribution in [0.5, 0.6) is 0 Å². The Morgan fingerprint density at radius 1 is 0.812 bits per heavy atom. The summed E-state index contributed by atoms with van der Waals surface area (Å²) in [5.41, 5.74) is 2.03. The van der Waals surface area contributed by atoms with E-state index in [1.807, 2.05) is 60.7 Å². The zero-order valence-electron chi connectivity index (χ0n) is 8.78. The molecule has 0 unspecified atom stereocenters. The number of hydrogen-bond donors (Lipinski definition) is 1. The topological polar surface area (TPSA) is 29.5 Å². The van der Waals surface area contributed by atoms with Crippen LogP contribution in [0.25, 0.3) is 0 Å². The van der Waals surface area contributed by atoms with Crippen molar-refractivity contribution in [3.05, 3.63) is 71.8 Å². The second kappa shape index (κ2) is 5.49. The van der Waals surface area contributed by atoms with Crippen molar-refractivity contribution in [2.75, 3.05) is 0 Å². The Balaban J connectivity index is 2.31. The lowest BCUT2D eigenvalue weighted by Crippen LogP contribution is -2.09. The van der Waals surface area contributed by atoms with Crippen LogP contribution in [0.15, 0.2) is 60.7 Å². The third-order valence-electron chi connectivity index (χ3n) is 2.40. The molecule has 79 valence electrons. The van der Waals surface area contributed by atoms with E-state index in [9.17, 15) is 0 Å². The molecule has 0 fully saturated rings. The van der Waals surface area contributed by atoms with Crippen molar-refractivity contribution in [3.8, 4) is 0 Å². The second-order valence-electron chi connectivity index (χ2n) is 3.44. The summed E-state index contributed by atoms with van der Waals surface area (Å²) in [5, 5.41) is 8.81. The van der Waals surface area contributed by atoms with Crippen LogP contribution in [0, 0.1) is 0 Å². The van der Waals surface area contributed by atoms with Crippen molar-refractivity contribution in [2.24, 2.45) is 0 Å². The van der Waals surface area contributed by atoms with Gasteiger partial charge in [0.05, 0.1) is 6.10 Å². The van der Waals surface area contributed by atoms with Gasteiger partial charge in [-0.15, -0.1) is 0 Å². The van der Waals surface area contributed by atoms with Gasteiger partial charge in [-0.05, 0) is 11.1 Å². The molecule has 0 saturated carbocycles. The van der Waals surface area contributed by atoms with Crippen molar-refractivity contribution in [1.82, 2.24) is 0 Å². The van der Waals surface area contributed by atoms with E-state index in [4.69, 9.17) is 9.68 Å². The van der Waals surface area contributed by atoms with E-state index < -0.39 is 0 Å². The summed E-state index contributed by atoms with van der Waals surface area (Å²) in [4.78, 5) is 0. The van der Waals surface area contributed by atoms with Gasteiger partial charge < -0.3 is 9.68 Å². The van der Waals surface area contributed by atoms with Gasteiger partial charge in [-0.25, -0.2) is 0 Å². The normalized spacial score (nSPS) is 10.4. The molecule has 1 N–H and O–H groups in total. The molecule has 0 aromatic heterocycles. The molecule has 0 saturated heterocycles. The summed E-state index contributed by atoms with van der Waals surface area (Å²) in [6.45, 7) is 0. The van der Waals surface area contributed by atoms with Crippen LogP contribution in [-0.4, -0.2) is 12.7 Å². The van der Waals surface area contributed by atoms with Gasteiger partial charge in [0, 0.05) is 0 Å². The molecule has 16 heavy (non-hydrogen) atoms. The highest BCUT2D eigenvalue weighted by atomic mass is 16.5. The monoisotopic (exact) mass is 211 g/mol. The third-order valence-corrected chi connectivity index (χ3v) is 2.40. The van der Waals surface area contributed by atoms with Crippen molar-refractivity contribution in [2.45, 2.75) is 6.10 Å². The zero-order valence-corrected chi connectivity index (χ0v) is 8.78. The molecular weight excluding hydrogens is 199 g/mol. The quantitative estimate of drug-likeness (QED) is 0.786. The first kappa shape index (κ1) is 10.9. The molecule has 2 aromatic carbocycles. The van der Waals surface area contributed by atoms with Gasteiger partial charge in [0.2, 0.25) is 0 Å².